The van der Waals surface area contributed by atoms with Crippen LogP contribution in [0, 0.1) is 11.7 Å². The molecular weight excluding hydrogens is 375 g/mol. The minimum atomic E-state index is -3.54. The van der Waals surface area contributed by atoms with Gasteiger partial charge < -0.3 is 4.90 Å². The van der Waals surface area contributed by atoms with Crippen molar-refractivity contribution in [3.05, 3.63) is 53.2 Å². The van der Waals surface area contributed by atoms with Gasteiger partial charge in [-0.25, -0.2) is 12.8 Å². The fourth-order valence-electron chi connectivity index (χ4n) is 3.20. The molecule has 140 valence electrons. The summed E-state index contributed by atoms with van der Waals surface area (Å²) in [4.78, 5) is 14.3. The van der Waals surface area contributed by atoms with Crippen LogP contribution in [0.2, 0.25) is 0 Å². The van der Waals surface area contributed by atoms with Gasteiger partial charge in [0.25, 0.3) is 10.0 Å². The second-order valence-electron chi connectivity index (χ2n) is 6.46. The van der Waals surface area contributed by atoms with Gasteiger partial charge in [0, 0.05) is 26.7 Å². The second kappa shape index (κ2) is 7.85. The van der Waals surface area contributed by atoms with Crippen molar-refractivity contribution in [1.29, 1.82) is 0 Å². The van der Waals surface area contributed by atoms with Gasteiger partial charge in [-0.1, -0.05) is 18.2 Å². The molecule has 8 heteroatoms. The van der Waals surface area contributed by atoms with Crippen LogP contribution in [0.15, 0.2) is 46.0 Å². The Balaban J connectivity index is 1.68. The van der Waals surface area contributed by atoms with Gasteiger partial charge in [-0.05, 0) is 42.0 Å². The summed E-state index contributed by atoms with van der Waals surface area (Å²) in [5.74, 6) is -0.827. The van der Waals surface area contributed by atoms with Crippen LogP contribution in [-0.4, -0.2) is 43.7 Å². The predicted octanol–water partition coefficient (Wildman–Crippen LogP) is 2.95. The van der Waals surface area contributed by atoms with Crippen LogP contribution in [0.5, 0.6) is 0 Å². The molecule has 1 aromatic carbocycles. The van der Waals surface area contributed by atoms with Crippen molar-refractivity contribution >= 4 is 27.3 Å². The molecule has 5 nitrogen and oxygen atoms in total. The zero-order valence-corrected chi connectivity index (χ0v) is 16.1. The molecule has 0 spiro atoms. The summed E-state index contributed by atoms with van der Waals surface area (Å²) in [6, 6.07) is 9.43. The lowest BCUT2D eigenvalue weighted by atomic mass is 9.98. The largest absolute Gasteiger partial charge is 0.341 e. The molecule has 1 saturated heterocycles. The minimum Gasteiger partial charge on any atom is -0.341 e. The summed E-state index contributed by atoms with van der Waals surface area (Å²) in [5, 5.41) is 1.73. The molecule has 1 fully saturated rings. The van der Waals surface area contributed by atoms with Gasteiger partial charge in [-0.2, -0.15) is 4.31 Å². The molecule has 2 aromatic rings. The Bertz CT molecular complexity index is 868. The highest BCUT2D eigenvalue weighted by Crippen LogP contribution is 2.27. The van der Waals surface area contributed by atoms with E-state index in [1.165, 1.54) is 27.8 Å². The van der Waals surface area contributed by atoms with Gasteiger partial charge in [-0.15, -0.1) is 11.3 Å². The molecule has 1 unspecified atom stereocenters. The molecule has 0 bridgehead atoms. The third-order valence-electron chi connectivity index (χ3n) is 4.51. The zero-order chi connectivity index (χ0) is 18.7. The quantitative estimate of drug-likeness (QED) is 0.781. The Hall–Kier alpha value is -1.77. The number of rotatable bonds is 5. The first-order valence-corrected chi connectivity index (χ1v) is 10.7. The number of carbonyl (C=O) groups is 1. The van der Waals surface area contributed by atoms with Crippen molar-refractivity contribution in [2.75, 3.05) is 20.1 Å². The lowest BCUT2D eigenvalue weighted by Crippen LogP contribution is -2.45. The van der Waals surface area contributed by atoms with E-state index in [9.17, 15) is 17.6 Å². The normalized spacial score (nSPS) is 18.6. The zero-order valence-electron chi connectivity index (χ0n) is 14.5. The number of sulfonamides is 1. The monoisotopic (exact) mass is 396 g/mol. The van der Waals surface area contributed by atoms with Crippen molar-refractivity contribution in [2.24, 2.45) is 5.92 Å². The average molecular weight is 397 g/mol. The number of piperidine rings is 1. The first kappa shape index (κ1) is 19.0. The first-order chi connectivity index (χ1) is 12.4. The van der Waals surface area contributed by atoms with E-state index in [1.807, 2.05) is 0 Å². The smallest absolute Gasteiger partial charge is 0.252 e. The van der Waals surface area contributed by atoms with Crippen LogP contribution in [0.25, 0.3) is 0 Å². The van der Waals surface area contributed by atoms with Crippen LogP contribution in [0.4, 0.5) is 4.39 Å². The number of amides is 1. The summed E-state index contributed by atoms with van der Waals surface area (Å²) < 4.78 is 40.4. The van der Waals surface area contributed by atoms with Gasteiger partial charge >= 0.3 is 0 Å². The van der Waals surface area contributed by atoms with Crippen LogP contribution >= 0.6 is 11.3 Å². The molecule has 26 heavy (non-hydrogen) atoms. The molecule has 0 aliphatic carbocycles. The number of thiophene rings is 1. The molecule has 2 heterocycles. The SMILES string of the molecule is CN(Cc1cccc(F)c1)C(=O)C1CCCN(S(=O)(=O)c2cccs2)C1. The minimum absolute atomic E-state index is 0.111. The van der Waals surface area contributed by atoms with Gasteiger partial charge in [0.1, 0.15) is 10.0 Å². The molecule has 0 N–H and O–H groups in total. The molecule has 3 rings (SSSR count). The Morgan fingerprint density at radius 3 is 2.85 bits per heavy atom. The molecule has 1 atom stereocenters. The molecule has 1 amide bonds. The molecular formula is C18H21FN2O3S2. The molecule has 1 aromatic heterocycles. The summed E-state index contributed by atoms with van der Waals surface area (Å²) in [5.41, 5.74) is 0.708. The number of halogens is 1. The Morgan fingerprint density at radius 1 is 1.35 bits per heavy atom. The summed E-state index contributed by atoms with van der Waals surface area (Å²) in [6.07, 6.45) is 1.30. The standard InChI is InChI=1S/C18H21FN2O3S2/c1-20(12-14-5-2-7-16(19)11-14)18(22)15-6-3-9-21(13-15)26(23,24)17-8-4-10-25-17/h2,4-5,7-8,10-11,15H,3,6,9,12-13H2,1H3. The second-order valence-corrected chi connectivity index (χ2v) is 9.57. The maximum Gasteiger partial charge on any atom is 0.252 e. The van der Waals surface area contributed by atoms with Crippen LogP contribution in [0.3, 0.4) is 0 Å². The Kier molecular flexibility index (Phi) is 5.74. The summed E-state index contributed by atoms with van der Waals surface area (Å²) >= 11 is 1.18. The van der Waals surface area contributed by atoms with E-state index in [4.69, 9.17) is 0 Å². The fraction of sp³-hybridized carbons (Fsp3) is 0.389. The molecule has 1 aliphatic rings. The predicted molar refractivity (Wildman–Crippen MR) is 98.7 cm³/mol. The maximum atomic E-state index is 13.3. The van der Waals surface area contributed by atoms with Gasteiger partial charge in [0.15, 0.2) is 0 Å². The number of carbonyl (C=O) groups excluding carboxylic acids is 1. The van der Waals surface area contributed by atoms with Crippen molar-refractivity contribution in [3.8, 4) is 0 Å². The number of benzene rings is 1. The van der Waals surface area contributed by atoms with Crippen molar-refractivity contribution in [3.63, 3.8) is 0 Å². The van der Waals surface area contributed by atoms with E-state index in [2.05, 4.69) is 0 Å². The highest BCUT2D eigenvalue weighted by Gasteiger charge is 2.34. The highest BCUT2D eigenvalue weighted by molar-refractivity contribution is 7.91. The van der Waals surface area contributed by atoms with E-state index < -0.39 is 10.0 Å². The highest BCUT2D eigenvalue weighted by atomic mass is 32.2. The van der Waals surface area contributed by atoms with E-state index in [0.29, 0.717) is 35.7 Å². The molecule has 1 aliphatic heterocycles. The Labute approximate surface area is 157 Å². The lowest BCUT2D eigenvalue weighted by molar-refractivity contribution is -0.135. The third-order valence-corrected chi connectivity index (χ3v) is 7.75. The average Bonchev–Trinajstić information content (AvgIpc) is 3.16. The van der Waals surface area contributed by atoms with Crippen molar-refractivity contribution < 1.29 is 17.6 Å². The van der Waals surface area contributed by atoms with Gasteiger partial charge in [0.05, 0.1) is 5.92 Å². The first-order valence-electron chi connectivity index (χ1n) is 8.41. The van der Waals surface area contributed by atoms with E-state index in [-0.39, 0.29) is 24.2 Å². The lowest BCUT2D eigenvalue weighted by Gasteiger charge is -2.33. The molecule has 0 radical (unpaired) electrons. The van der Waals surface area contributed by atoms with E-state index in [0.717, 1.165) is 0 Å². The van der Waals surface area contributed by atoms with Gasteiger partial charge in [-0.3, -0.25) is 4.79 Å². The number of hydrogen-bond acceptors (Lipinski definition) is 4. The van der Waals surface area contributed by atoms with Crippen molar-refractivity contribution in [1.82, 2.24) is 9.21 Å². The maximum absolute atomic E-state index is 13.3. The number of nitrogens with zero attached hydrogens (tertiary/aromatic N) is 2. The van der Waals surface area contributed by atoms with E-state index >= 15 is 0 Å². The topological polar surface area (TPSA) is 57.7 Å². The Morgan fingerprint density at radius 2 is 2.15 bits per heavy atom. The van der Waals surface area contributed by atoms with Crippen molar-refractivity contribution in [2.45, 2.75) is 23.6 Å². The molecule has 0 saturated carbocycles. The third kappa shape index (κ3) is 4.13. The van der Waals surface area contributed by atoms with Crippen LogP contribution in [-0.2, 0) is 21.4 Å². The summed E-state index contributed by atoms with van der Waals surface area (Å²) in [6.45, 7) is 0.912. The fourth-order valence-corrected chi connectivity index (χ4v) is 5.87. The van der Waals surface area contributed by atoms with Crippen LogP contribution < -0.4 is 0 Å². The summed E-state index contributed by atoms with van der Waals surface area (Å²) in [7, 11) is -1.88. The van der Waals surface area contributed by atoms with E-state index in [1.54, 1.807) is 41.6 Å². The van der Waals surface area contributed by atoms with Gasteiger partial charge in [0.2, 0.25) is 5.91 Å². The number of hydrogen-bond donors (Lipinski definition) is 0. The van der Waals surface area contributed by atoms with Crippen LogP contribution in [0.1, 0.15) is 18.4 Å².